The number of hydrogen-bond acceptors (Lipinski definition) is 6. The third-order valence-electron chi connectivity index (χ3n) is 8.65. The van der Waals surface area contributed by atoms with Crippen molar-refractivity contribution in [3.63, 3.8) is 0 Å². The van der Waals surface area contributed by atoms with E-state index in [2.05, 4.69) is 41.5 Å². The molecule has 0 radical (unpaired) electrons. The molecule has 0 aliphatic rings. The van der Waals surface area contributed by atoms with Gasteiger partial charge in [0.25, 0.3) is 0 Å². The van der Waals surface area contributed by atoms with E-state index in [4.69, 9.17) is 6.15 Å². The summed E-state index contributed by atoms with van der Waals surface area (Å²) in [5.74, 6) is 3.21. The number of carbonyl (C=O) groups is 2. The monoisotopic (exact) mass is 780 g/mol. The first kappa shape index (κ1) is 45.4. The van der Waals surface area contributed by atoms with E-state index in [1.807, 2.05) is 13.8 Å². The number of hydrogen-bond donors (Lipinski definition) is 0. The van der Waals surface area contributed by atoms with Crippen LogP contribution in [0.2, 0.25) is 8.87 Å². The van der Waals surface area contributed by atoms with Gasteiger partial charge in [0.05, 0.1) is 0 Å². The van der Waals surface area contributed by atoms with E-state index in [-0.39, 0.29) is 22.4 Å². The summed E-state index contributed by atoms with van der Waals surface area (Å²) in [6.07, 6.45) is 24.0. The predicted octanol–water partition coefficient (Wildman–Crippen LogP) is 12.9. The van der Waals surface area contributed by atoms with Crippen LogP contribution in [0.4, 0.5) is 0 Å². The number of unbranched alkanes of at least 4 members (excludes halogenated alkanes) is 14. The van der Waals surface area contributed by atoms with E-state index in [1.54, 1.807) is 23.5 Å². The van der Waals surface area contributed by atoms with E-state index in [1.165, 1.54) is 89.9 Å². The Bertz CT molecular complexity index is 645. The Morgan fingerprint density at radius 1 is 0.489 bits per heavy atom. The third kappa shape index (κ3) is 27.0. The van der Waals surface area contributed by atoms with Crippen LogP contribution in [-0.2, 0) is 15.7 Å². The molecule has 0 aromatic carbocycles. The maximum atomic E-state index is 13.6. The molecule has 0 aromatic rings. The normalized spacial score (nSPS) is 13.4. The number of thioether (sulfide) groups is 2. The Morgan fingerprint density at radius 2 is 0.822 bits per heavy atom. The molecule has 2 unspecified atom stereocenters. The molecule has 0 heterocycles. The van der Waals surface area contributed by atoms with E-state index >= 15 is 0 Å². The van der Waals surface area contributed by atoms with Gasteiger partial charge >= 0.3 is 297 Å². The van der Waals surface area contributed by atoms with Crippen LogP contribution in [0.5, 0.6) is 0 Å². The van der Waals surface area contributed by atoms with Gasteiger partial charge in [-0.15, -0.1) is 0 Å². The van der Waals surface area contributed by atoms with Crippen molar-refractivity contribution in [2.45, 2.75) is 203 Å². The summed E-state index contributed by atoms with van der Waals surface area (Å²) in [7, 11) is 0. The molecule has 0 aliphatic heterocycles. The molecule has 0 aromatic heterocycles. The second kappa shape index (κ2) is 30.5. The summed E-state index contributed by atoms with van der Waals surface area (Å²) >= 11 is -0.595. The summed E-state index contributed by atoms with van der Waals surface area (Å²) in [6.45, 7) is 17.6. The van der Waals surface area contributed by atoms with Gasteiger partial charge in [0, 0.05) is 0 Å². The molecule has 0 saturated heterocycles. The van der Waals surface area contributed by atoms with Crippen LogP contribution in [0.3, 0.4) is 0 Å². The van der Waals surface area contributed by atoms with Crippen LogP contribution in [0.15, 0.2) is 0 Å². The van der Waals surface area contributed by atoms with Gasteiger partial charge < -0.3 is 0 Å². The van der Waals surface area contributed by atoms with E-state index in [0.717, 1.165) is 70.7 Å². The molecule has 0 aliphatic carbocycles. The average molecular weight is 780 g/mol. The van der Waals surface area contributed by atoms with Crippen LogP contribution in [0, 0.1) is 11.8 Å². The molecule has 0 N–H and O–H groups in total. The first-order valence-corrected chi connectivity index (χ1v) is 27.7. The predicted molar refractivity (Wildman–Crippen MR) is 205 cm³/mol. The third-order valence-corrected chi connectivity index (χ3v) is 20.7. The molecule has 268 valence electrons. The van der Waals surface area contributed by atoms with Crippen LogP contribution < -0.4 is 0 Å². The van der Waals surface area contributed by atoms with Gasteiger partial charge in [-0.2, -0.15) is 0 Å². The first-order valence-electron chi connectivity index (χ1n) is 19.3. The molecule has 0 amide bonds. The van der Waals surface area contributed by atoms with Gasteiger partial charge in [-0.25, -0.2) is 0 Å². The SMILES string of the molecule is CCCCCCC[CH2][Sn]([CH2]CCCCCCC)([O]C(=O)C(C)SCCCCCC(C)C)[O]C(=O)C(C)SCCCCCC(C)C. The van der Waals surface area contributed by atoms with E-state index in [0.29, 0.717) is 0 Å². The van der Waals surface area contributed by atoms with E-state index < -0.39 is 19.2 Å². The summed E-state index contributed by atoms with van der Waals surface area (Å²) in [4.78, 5) is 27.2. The molecule has 0 rings (SSSR count). The van der Waals surface area contributed by atoms with Crippen molar-refractivity contribution in [3.8, 4) is 0 Å². The van der Waals surface area contributed by atoms with Gasteiger partial charge in [-0.1, -0.05) is 0 Å². The number of rotatable bonds is 32. The molecule has 7 heteroatoms. The minimum atomic E-state index is -4.03. The molecule has 45 heavy (non-hydrogen) atoms. The fraction of sp³-hybridized carbons (Fsp3) is 0.947. The second-order valence-corrected chi connectivity index (χ2v) is 26.4. The quantitative estimate of drug-likeness (QED) is 0.0501. The molecule has 4 nitrogen and oxygen atoms in total. The summed E-state index contributed by atoms with van der Waals surface area (Å²) < 4.78 is 14.8. The Hall–Kier alpha value is 0.439. The second-order valence-electron chi connectivity index (χ2n) is 14.3. The van der Waals surface area contributed by atoms with Crippen molar-refractivity contribution >= 4 is 54.7 Å². The van der Waals surface area contributed by atoms with Crippen molar-refractivity contribution in [3.05, 3.63) is 0 Å². The van der Waals surface area contributed by atoms with Gasteiger partial charge in [-0.3, -0.25) is 0 Å². The maximum absolute atomic E-state index is 13.6. The minimum absolute atomic E-state index is 0.131. The fourth-order valence-corrected chi connectivity index (χ4v) is 17.5. The van der Waals surface area contributed by atoms with Crippen LogP contribution in [0.25, 0.3) is 0 Å². The van der Waals surface area contributed by atoms with Gasteiger partial charge in [0.1, 0.15) is 0 Å². The van der Waals surface area contributed by atoms with Crippen LogP contribution in [-0.4, -0.2) is 53.1 Å². The van der Waals surface area contributed by atoms with Gasteiger partial charge in [0.15, 0.2) is 0 Å². The van der Waals surface area contributed by atoms with Crippen molar-refractivity contribution in [1.29, 1.82) is 0 Å². The molecular formula is C38H76O4S2Sn. The molecule has 0 fully saturated rings. The molecule has 0 saturated carbocycles. The van der Waals surface area contributed by atoms with Crippen molar-refractivity contribution in [1.82, 2.24) is 0 Å². The summed E-state index contributed by atoms with van der Waals surface area (Å²) in [5.41, 5.74) is 0. The van der Waals surface area contributed by atoms with Crippen LogP contribution in [0.1, 0.15) is 184 Å². The van der Waals surface area contributed by atoms with Crippen LogP contribution >= 0.6 is 23.5 Å². The van der Waals surface area contributed by atoms with Crippen molar-refractivity contribution < 1.29 is 15.7 Å². The Kier molecular flexibility index (Phi) is 30.8. The zero-order valence-corrected chi connectivity index (χ0v) is 35.7. The Balaban J connectivity index is 5.45. The Labute approximate surface area is 295 Å². The van der Waals surface area contributed by atoms with Gasteiger partial charge in [0.2, 0.25) is 0 Å². The fourth-order valence-electron chi connectivity index (χ4n) is 5.55. The molecule has 2 atom stereocenters. The summed E-state index contributed by atoms with van der Waals surface area (Å²) in [5, 5.41) is -0.423. The van der Waals surface area contributed by atoms with Crippen molar-refractivity contribution in [2.24, 2.45) is 11.8 Å². The molecule has 0 bridgehead atoms. The number of carbonyl (C=O) groups excluding carboxylic acids is 2. The topological polar surface area (TPSA) is 52.6 Å². The zero-order valence-electron chi connectivity index (χ0n) is 31.2. The van der Waals surface area contributed by atoms with Crippen molar-refractivity contribution in [2.75, 3.05) is 11.5 Å². The Morgan fingerprint density at radius 3 is 1.18 bits per heavy atom. The first-order chi connectivity index (χ1) is 21.6. The zero-order chi connectivity index (χ0) is 33.8. The average Bonchev–Trinajstić information content (AvgIpc) is 2.99. The van der Waals surface area contributed by atoms with E-state index in [9.17, 15) is 9.59 Å². The standard InChI is InChI=1S/2C11H22O2S.2C8H17.Sn/c2*1-9(2)7-5-4-6-8-14-10(3)11(12)13;2*1-3-5-7-8-6-4-2;/h2*9-10H,4-8H2,1-3H3,(H,12,13);2*1,3-8H2,2H3;/q;;;;+2/p-2. The molecule has 0 spiro atoms. The summed E-state index contributed by atoms with van der Waals surface area (Å²) in [6, 6.07) is 0. The van der Waals surface area contributed by atoms with Gasteiger partial charge in [-0.05, 0) is 0 Å². The molecular weight excluding hydrogens is 703 g/mol.